The Morgan fingerprint density at radius 2 is 1.41 bits per heavy atom. The van der Waals surface area contributed by atoms with Gasteiger partial charge in [0.25, 0.3) is 0 Å². The summed E-state index contributed by atoms with van der Waals surface area (Å²) in [5, 5.41) is 9.57. The first-order chi connectivity index (χ1) is 13.8. The molecule has 0 aromatic heterocycles. The van der Waals surface area contributed by atoms with Crippen LogP contribution in [0.1, 0.15) is 15.9 Å². The molecular weight excluding hydrogens is 388 g/mol. The van der Waals surface area contributed by atoms with Crippen molar-refractivity contribution in [1.82, 2.24) is 0 Å². The highest BCUT2D eigenvalue weighted by Crippen LogP contribution is 2.32. The summed E-state index contributed by atoms with van der Waals surface area (Å²) >= 11 is 0. The Morgan fingerprint density at radius 3 is 1.97 bits per heavy atom. The number of benzene rings is 3. The van der Waals surface area contributed by atoms with Gasteiger partial charge in [0, 0.05) is 19.3 Å². The lowest BCUT2D eigenvalue weighted by Gasteiger charge is -2.26. The molecule has 7 heteroatoms. The second-order valence-electron chi connectivity index (χ2n) is 6.75. The topological polar surface area (TPSA) is 77.9 Å². The number of aromatic carboxylic acids is 1. The van der Waals surface area contributed by atoms with Crippen LogP contribution in [0.4, 0.5) is 17.1 Å². The lowest BCUT2D eigenvalue weighted by molar-refractivity contribution is 0.0697. The zero-order chi connectivity index (χ0) is 21.0. The Kier molecular flexibility index (Phi) is 5.89. The molecule has 0 spiro atoms. The minimum Gasteiger partial charge on any atom is -0.478 e. The second-order valence-corrected chi connectivity index (χ2v) is 8.58. The van der Waals surface area contributed by atoms with E-state index in [1.54, 1.807) is 42.5 Å². The van der Waals surface area contributed by atoms with E-state index < -0.39 is 16.0 Å². The normalized spacial score (nSPS) is 11.1. The van der Waals surface area contributed by atoms with Crippen LogP contribution in [-0.4, -0.2) is 32.8 Å². The number of carboxylic acids is 1. The number of hydrogen-bond acceptors (Lipinski definition) is 4. The highest BCUT2D eigenvalue weighted by Gasteiger charge is 2.22. The monoisotopic (exact) mass is 410 g/mol. The average Bonchev–Trinajstić information content (AvgIpc) is 2.68. The largest absolute Gasteiger partial charge is 0.478 e. The molecule has 0 saturated heterocycles. The van der Waals surface area contributed by atoms with Crippen LogP contribution in [0.5, 0.6) is 0 Å². The molecule has 150 valence electrons. The molecule has 0 aliphatic carbocycles. The van der Waals surface area contributed by atoms with Crippen LogP contribution in [0.15, 0.2) is 78.9 Å². The number of carboxylic acid groups (broad SMARTS) is 1. The van der Waals surface area contributed by atoms with E-state index in [0.29, 0.717) is 17.9 Å². The second kappa shape index (κ2) is 8.36. The van der Waals surface area contributed by atoms with Gasteiger partial charge in [0.15, 0.2) is 0 Å². The first-order valence-corrected chi connectivity index (χ1v) is 10.8. The number of anilines is 3. The first kappa shape index (κ1) is 20.4. The predicted molar refractivity (Wildman–Crippen MR) is 115 cm³/mol. The van der Waals surface area contributed by atoms with E-state index in [0.717, 1.165) is 16.1 Å². The van der Waals surface area contributed by atoms with Gasteiger partial charge in [-0.05, 0) is 35.9 Å². The third kappa shape index (κ3) is 4.94. The highest BCUT2D eigenvalue weighted by atomic mass is 32.2. The number of nitrogens with zero attached hydrogens (tertiary/aromatic N) is 2. The minimum absolute atomic E-state index is 0.0157. The van der Waals surface area contributed by atoms with Gasteiger partial charge in [-0.2, -0.15) is 0 Å². The van der Waals surface area contributed by atoms with Gasteiger partial charge in [0.1, 0.15) is 0 Å². The fourth-order valence-electron chi connectivity index (χ4n) is 3.10. The Hall–Kier alpha value is -3.32. The fraction of sp³-hybridized carbons (Fsp3) is 0.136. The van der Waals surface area contributed by atoms with Gasteiger partial charge < -0.3 is 10.0 Å². The maximum atomic E-state index is 12.6. The molecule has 0 radical (unpaired) electrons. The van der Waals surface area contributed by atoms with Gasteiger partial charge in [-0.1, -0.05) is 48.5 Å². The summed E-state index contributed by atoms with van der Waals surface area (Å²) in [6, 6.07) is 22.9. The first-order valence-electron chi connectivity index (χ1n) is 8.94. The quantitative estimate of drug-likeness (QED) is 0.634. The summed E-state index contributed by atoms with van der Waals surface area (Å²) in [4.78, 5) is 13.6. The third-order valence-electron chi connectivity index (χ3n) is 4.41. The van der Waals surface area contributed by atoms with Crippen molar-refractivity contribution in [3.63, 3.8) is 0 Å². The van der Waals surface area contributed by atoms with Crippen molar-refractivity contribution < 1.29 is 18.3 Å². The molecule has 3 rings (SSSR count). The zero-order valence-electron chi connectivity index (χ0n) is 16.2. The maximum absolute atomic E-state index is 12.6. The summed E-state index contributed by atoms with van der Waals surface area (Å²) in [5.74, 6) is -1.12. The number of carbonyl (C=O) groups is 1. The molecule has 0 heterocycles. The molecule has 0 bridgehead atoms. The molecule has 1 N–H and O–H groups in total. The van der Waals surface area contributed by atoms with Gasteiger partial charge in [-0.25, -0.2) is 17.5 Å². The minimum atomic E-state index is -3.69. The van der Waals surface area contributed by atoms with E-state index in [1.165, 1.54) is 6.07 Å². The Labute approximate surface area is 170 Å². The highest BCUT2D eigenvalue weighted by molar-refractivity contribution is 7.92. The maximum Gasteiger partial charge on any atom is 0.335 e. The van der Waals surface area contributed by atoms with Crippen molar-refractivity contribution in [1.29, 1.82) is 0 Å². The van der Waals surface area contributed by atoms with Crippen LogP contribution in [0, 0.1) is 0 Å². The molecule has 0 fully saturated rings. The van der Waals surface area contributed by atoms with Crippen LogP contribution in [0.2, 0.25) is 0 Å². The van der Waals surface area contributed by atoms with Crippen molar-refractivity contribution in [2.75, 3.05) is 22.5 Å². The van der Waals surface area contributed by atoms with E-state index in [-0.39, 0.29) is 11.3 Å². The summed E-state index contributed by atoms with van der Waals surface area (Å²) in [5.41, 5.74) is 2.39. The predicted octanol–water partition coefficient (Wildman–Crippen LogP) is 4.12. The molecule has 0 amide bonds. The van der Waals surface area contributed by atoms with Crippen LogP contribution < -0.4 is 9.21 Å². The van der Waals surface area contributed by atoms with Crippen LogP contribution >= 0.6 is 0 Å². The molecular formula is C22H22N2O4S. The Morgan fingerprint density at radius 1 is 0.862 bits per heavy atom. The van der Waals surface area contributed by atoms with E-state index >= 15 is 0 Å². The van der Waals surface area contributed by atoms with Crippen LogP contribution in [0.25, 0.3) is 0 Å². The van der Waals surface area contributed by atoms with E-state index in [9.17, 15) is 18.3 Å². The van der Waals surface area contributed by atoms with Crippen molar-refractivity contribution in [2.45, 2.75) is 6.54 Å². The van der Waals surface area contributed by atoms with Gasteiger partial charge in [0.2, 0.25) is 10.0 Å². The molecule has 0 aliphatic heterocycles. The van der Waals surface area contributed by atoms with E-state index in [1.807, 2.05) is 42.3 Å². The summed E-state index contributed by atoms with van der Waals surface area (Å²) in [6.45, 7) is 0.549. The molecule has 6 nitrogen and oxygen atoms in total. The SMILES string of the molecule is CN(Cc1ccccc1)c1cc(C(=O)O)cc(N(c2ccccc2)S(C)(=O)=O)c1. The fourth-order valence-corrected chi connectivity index (χ4v) is 4.09. The summed E-state index contributed by atoms with van der Waals surface area (Å²) < 4.78 is 26.3. The van der Waals surface area contributed by atoms with E-state index in [4.69, 9.17) is 0 Å². The average molecular weight is 410 g/mol. The van der Waals surface area contributed by atoms with Crippen molar-refractivity contribution in [2.24, 2.45) is 0 Å². The van der Waals surface area contributed by atoms with E-state index in [2.05, 4.69) is 0 Å². The van der Waals surface area contributed by atoms with Gasteiger partial charge in [-0.3, -0.25) is 0 Å². The summed E-state index contributed by atoms with van der Waals surface area (Å²) in [6.07, 6.45) is 1.10. The molecule has 3 aromatic carbocycles. The van der Waals surface area contributed by atoms with Gasteiger partial charge in [0.05, 0.1) is 23.2 Å². The Balaban J connectivity index is 2.09. The molecule has 3 aromatic rings. The van der Waals surface area contributed by atoms with Crippen LogP contribution in [-0.2, 0) is 16.6 Å². The molecule has 0 aliphatic rings. The number of rotatable bonds is 7. The van der Waals surface area contributed by atoms with Crippen LogP contribution in [0.3, 0.4) is 0 Å². The standard InChI is InChI=1S/C22H22N2O4S/c1-23(16-17-9-5-3-6-10-17)20-13-18(22(25)26)14-21(15-20)24(29(2,27)28)19-11-7-4-8-12-19/h3-15H,16H2,1-2H3,(H,25,26). The summed E-state index contributed by atoms with van der Waals surface area (Å²) in [7, 11) is -1.85. The van der Waals surface area contributed by atoms with Crippen molar-refractivity contribution in [3.05, 3.63) is 90.0 Å². The lowest BCUT2D eigenvalue weighted by Crippen LogP contribution is -2.25. The molecule has 29 heavy (non-hydrogen) atoms. The number of hydrogen-bond donors (Lipinski definition) is 1. The van der Waals surface area contributed by atoms with Crippen molar-refractivity contribution in [3.8, 4) is 0 Å². The Bertz CT molecular complexity index is 1100. The molecule has 0 saturated carbocycles. The molecule has 0 unspecified atom stereocenters. The smallest absolute Gasteiger partial charge is 0.335 e. The number of para-hydroxylation sites is 1. The lowest BCUT2D eigenvalue weighted by atomic mass is 10.1. The van der Waals surface area contributed by atoms with Crippen molar-refractivity contribution >= 4 is 33.1 Å². The van der Waals surface area contributed by atoms with Gasteiger partial charge >= 0.3 is 5.97 Å². The number of sulfonamides is 1. The zero-order valence-corrected chi connectivity index (χ0v) is 17.0. The molecule has 0 atom stereocenters. The van der Waals surface area contributed by atoms with Gasteiger partial charge in [-0.15, -0.1) is 0 Å². The third-order valence-corrected chi connectivity index (χ3v) is 5.49.